The van der Waals surface area contributed by atoms with E-state index in [1.54, 1.807) is 0 Å². The van der Waals surface area contributed by atoms with Gasteiger partial charge in [-0.3, -0.25) is 19.3 Å². The zero-order valence-electron chi connectivity index (χ0n) is 16.7. The molecule has 0 aromatic rings. The van der Waals surface area contributed by atoms with E-state index in [4.69, 9.17) is 0 Å². The number of carbonyl (C=O) groups excluding carboxylic acids is 2. The Morgan fingerprint density at radius 1 is 0.821 bits per heavy atom. The van der Waals surface area contributed by atoms with Crippen LogP contribution in [0.25, 0.3) is 0 Å². The van der Waals surface area contributed by atoms with E-state index in [1.165, 1.54) is 6.42 Å². The Hall–Kier alpha value is -1.63. The number of rotatable bonds is 4. The molecule has 28 heavy (non-hydrogen) atoms. The number of hydrogen-bond acceptors (Lipinski definition) is 4. The predicted molar refractivity (Wildman–Crippen MR) is 104 cm³/mol. The van der Waals surface area contributed by atoms with Crippen molar-refractivity contribution in [3.05, 3.63) is 0 Å². The van der Waals surface area contributed by atoms with Crippen LogP contribution in [-0.4, -0.2) is 82.4 Å². The highest BCUT2D eigenvalue weighted by atomic mass is 16.4. The summed E-state index contributed by atoms with van der Waals surface area (Å²) in [6, 6.07) is -0.278. The smallest absolute Gasteiger partial charge is 0.320 e. The van der Waals surface area contributed by atoms with Gasteiger partial charge in [-0.05, 0) is 50.9 Å². The normalized spacial score (nSPS) is 31.8. The van der Waals surface area contributed by atoms with Crippen LogP contribution in [0.15, 0.2) is 0 Å². The minimum absolute atomic E-state index is 0.0320. The number of carboxylic acids is 1. The Morgan fingerprint density at radius 3 is 2.18 bits per heavy atom. The van der Waals surface area contributed by atoms with Crippen LogP contribution in [0.1, 0.15) is 57.8 Å². The van der Waals surface area contributed by atoms with Gasteiger partial charge in [0.05, 0.1) is 6.54 Å². The lowest BCUT2D eigenvalue weighted by Gasteiger charge is -2.36. The number of piperidine rings is 1. The molecule has 1 N–H and O–H groups in total. The molecule has 0 spiro atoms. The quantitative estimate of drug-likeness (QED) is 0.787. The van der Waals surface area contributed by atoms with Crippen LogP contribution < -0.4 is 0 Å². The van der Waals surface area contributed by atoms with E-state index in [2.05, 4.69) is 0 Å². The summed E-state index contributed by atoms with van der Waals surface area (Å²) >= 11 is 0. The average Bonchev–Trinajstić information content (AvgIpc) is 3.36. The molecule has 3 aliphatic heterocycles. The van der Waals surface area contributed by atoms with Gasteiger partial charge in [-0.25, -0.2) is 0 Å². The second-order valence-electron chi connectivity index (χ2n) is 9.06. The largest absolute Gasteiger partial charge is 0.480 e. The van der Waals surface area contributed by atoms with E-state index in [0.717, 1.165) is 58.0 Å². The van der Waals surface area contributed by atoms with Crippen LogP contribution in [0, 0.1) is 11.8 Å². The number of carbonyl (C=O) groups is 3. The van der Waals surface area contributed by atoms with Crippen LogP contribution in [0.3, 0.4) is 0 Å². The zero-order valence-corrected chi connectivity index (χ0v) is 16.7. The molecule has 3 atom stereocenters. The van der Waals surface area contributed by atoms with Gasteiger partial charge in [0.2, 0.25) is 11.8 Å². The number of nitrogens with zero attached hydrogens (tertiary/aromatic N) is 3. The summed E-state index contributed by atoms with van der Waals surface area (Å²) in [5.74, 6) is -0.0308. The Kier molecular flexibility index (Phi) is 5.90. The SMILES string of the molecule is O=C(O)C1CC2CCCCC2N1CC(=O)N1CCC(C(=O)N2CCCC2)CC1. The number of carboxylic acid groups (broad SMARTS) is 1. The molecule has 3 unspecified atom stereocenters. The fraction of sp³-hybridized carbons (Fsp3) is 0.857. The van der Waals surface area contributed by atoms with Crippen LogP contribution in [0.4, 0.5) is 0 Å². The molecule has 7 nitrogen and oxygen atoms in total. The van der Waals surface area contributed by atoms with Gasteiger partial charge >= 0.3 is 5.97 Å². The van der Waals surface area contributed by atoms with Crippen LogP contribution in [0.5, 0.6) is 0 Å². The topological polar surface area (TPSA) is 81.2 Å². The third kappa shape index (κ3) is 3.91. The fourth-order valence-electron chi connectivity index (χ4n) is 5.85. The number of amides is 2. The van der Waals surface area contributed by atoms with Crippen molar-refractivity contribution in [2.75, 3.05) is 32.7 Å². The van der Waals surface area contributed by atoms with Crippen molar-refractivity contribution < 1.29 is 19.5 Å². The summed E-state index contributed by atoms with van der Waals surface area (Å²) < 4.78 is 0. The van der Waals surface area contributed by atoms with Crippen molar-refractivity contribution in [1.82, 2.24) is 14.7 Å². The molecule has 7 heteroatoms. The van der Waals surface area contributed by atoms with Gasteiger partial charge < -0.3 is 14.9 Å². The molecule has 4 aliphatic rings. The summed E-state index contributed by atoms with van der Waals surface area (Å²) in [5.41, 5.74) is 0. The molecule has 0 aromatic carbocycles. The van der Waals surface area contributed by atoms with Gasteiger partial charge in [0.15, 0.2) is 0 Å². The van der Waals surface area contributed by atoms with Gasteiger partial charge in [-0.1, -0.05) is 12.8 Å². The Balaban J connectivity index is 1.32. The van der Waals surface area contributed by atoms with Crippen molar-refractivity contribution in [1.29, 1.82) is 0 Å². The lowest BCUT2D eigenvalue weighted by atomic mass is 9.85. The minimum Gasteiger partial charge on any atom is -0.480 e. The molecule has 0 aromatic heterocycles. The highest BCUT2D eigenvalue weighted by Gasteiger charge is 2.46. The first-order chi connectivity index (χ1) is 13.5. The standard InChI is InChI=1S/C21H33N3O4/c25-19(14-24-17-6-2-1-5-16(17)13-18(24)21(27)28)22-11-7-15(8-12-22)20(26)23-9-3-4-10-23/h15-18H,1-14H2,(H,27,28). The molecule has 1 saturated carbocycles. The molecule has 0 bridgehead atoms. The van der Waals surface area contributed by atoms with Gasteiger partial charge in [-0.15, -0.1) is 0 Å². The van der Waals surface area contributed by atoms with Crippen molar-refractivity contribution >= 4 is 17.8 Å². The first-order valence-electron chi connectivity index (χ1n) is 11.1. The fourth-order valence-corrected chi connectivity index (χ4v) is 5.85. The summed E-state index contributed by atoms with van der Waals surface area (Å²) in [4.78, 5) is 43.1. The minimum atomic E-state index is -0.794. The van der Waals surface area contributed by atoms with E-state index in [9.17, 15) is 19.5 Å². The molecule has 4 rings (SSSR count). The molecule has 156 valence electrons. The van der Waals surface area contributed by atoms with Gasteiger partial charge in [0, 0.05) is 38.1 Å². The number of fused-ring (bicyclic) bond motifs is 1. The Labute approximate surface area is 167 Å². The average molecular weight is 392 g/mol. The third-order valence-corrected chi connectivity index (χ3v) is 7.44. The first-order valence-corrected chi connectivity index (χ1v) is 11.1. The van der Waals surface area contributed by atoms with Gasteiger partial charge in [-0.2, -0.15) is 0 Å². The summed E-state index contributed by atoms with van der Waals surface area (Å²) in [6.07, 6.45) is 8.75. The summed E-state index contributed by atoms with van der Waals surface area (Å²) in [5, 5.41) is 9.64. The lowest BCUT2D eigenvalue weighted by molar-refractivity contribution is -0.145. The molecule has 0 radical (unpaired) electrons. The maximum absolute atomic E-state index is 12.9. The summed E-state index contributed by atoms with van der Waals surface area (Å²) in [7, 11) is 0. The van der Waals surface area contributed by atoms with Crippen LogP contribution in [-0.2, 0) is 14.4 Å². The molecule has 3 heterocycles. The lowest BCUT2D eigenvalue weighted by Crippen LogP contribution is -2.50. The second kappa shape index (κ2) is 8.39. The van der Waals surface area contributed by atoms with Crippen molar-refractivity contribution in [2.45, 2.75) is 69.9 Å². The number of aliphatic carboxylic acids is 1. The monoisotopic (exact) mass is 391 g/mol. The molecule has 2 amide bonds. The molecule has 1 aliphatic carbocycles. The highest BCUT2D eigenvalue weighted by Crippen LogP contribution is 2.39. The number of hydrogen-bond donors (Lipinski definition) is 1. The van der Waals surface area contributed by atoms with Gasteiger partial charge in [0.1, 0.15) is 6.04 Å². The van der Waals surface area contributed by atoms with Crippen LogP contribution in [0.2, 0.25) is 0 Å². The van der Waals surface area contributed by atoms with Crippen molar-refractivity contribution in [3.8, 4) is 0 Å². The van der Waals surface area contributed by atoms with Gasteiger partial charge in [0.25, 0.3) is 0 Å². The van der Waals surface area contributed by atoms with Crippen molar-refractivity contribution in [3.63, 3.8) is 0 Å². The predicted octanol–water partition coefficient (Wildman–Crippen LogP) is 1.57. The van der Waals surface area contributed by atoms with E-state index in [0.29, 0.717) is 25.4 Å². The zero-order chi connectivity index (χ0) is 19.7. The summed E-state index contributed by atoms with van der Waals surface area (Å²) in [6.45, 7) is 3.20. The Bertz CT molecular complexity index is 611. The Morgan fingerprint density at radius 2 is 1.50 bits per heavy atom. The second-order valence-corrected chi connectivity index (χ2v) is 9.06. The van der Waals surface area contributed by atoms with E-state index in [-0.39, 0.29) is 30.3 Å². The maximum atomic E-state index is 12.9. The van der Waals surface area contributed by atoms with Crippen LogP contribution >= 0.6 is 0 Å². The van der Waals surface area contributed by atoms with E-state index in [1.807, 2.05) is 14.7 Å². The molecular weight excluding hydrogens is 358 g/mol. The maximum Gasteiger partial charge on any atom is 0.320 e. The molecule has 3 saturated heterocycles. The van der Waals surface area contributed by atoms with E-state index >= 15 is 0 Å². The molecular formula is C21H33N3O4. The molecule has 4 fully saturated rings. The third-order valence-electron chi connectivity index (χ3n) is 7.44. The van der Waals surface area contributed by atoms with E-state index < -0.39 is 12.0 Å². The highest BCUT2D eigenvalue weighted by molar-refractivity contribution is 5.82. The first kappa shape index (κ1) is 19.7. The van der Waals surface area contributed by atoms with Crippen molar-refractivity contribution in [2.24, 2.45) is 11.8 Å². The number of likely N-dealkylation sites (tertiary alicyclic amines) is 3.